The van der Waals surface area contributed by atoms with E-state index in [2.05, 4.69) is 15.3 Å². The van der Waals surface area contributed by atoms with E-state index in [9.17, 15) is 4.79 Å². The van der Waals surface area contributed by atoms with Crippen molar-refractivity contribution in [1.82, 2.24) is 9.97 Å². The van der Waals surface area contributed by atoms with Gasteiger partial charge in [0.25, 0.3) is 5.91 Å². The molecule has 0 aliphatic heterocycles. The number of aromatic nitrogens is 2. The molecule has 1 aromatic carbocycles. The molecule has 2 aromatic rings. The highest BCUT2D eigenvalue weighted by Gasteiger charge is 2.07. The molecule has 0 saturated carbocycles. The van der Waals surface area contributed by atoms with E-state index >= 15 is 0 Å². The van der Waals surface area contributed by atoms with Crippen molar-refractivity contribution >= 4 is 34.8 Å². The van der Waals surface area contributed by atoms with Crippen molar-refractivity contribution in [2.45, 2.75) is 0 Å². The molecule has 0 radical (unpaired) electrons. The van der Waals surface area contributed by atoms with Gasteiger partial charge in [-0.05, 0) is 18.2 Å². The third kappa shape index (κ3) is 2.35. The Morgan fingerprint density at radius 1 is 1.31 bits per heavy atom. The smallest absolute Gasteiger partial charge is 0.273 e. The highest BCUT2D eigenvalue weighted by Crippen LogP contribution is 2.25. The van der Waals surface area contributed by atoms with Gasteiger partial charge in [-0.2, -0.15) is 0 Å². The summed E-state index contributed by atoms with van der Waals surface area (Å²) >= 11 is 11.6. The number of carbonyl (C=O) groups excluding carboxylic acids is 1. The molecule has 1 aromatic heterocycles. The maximum Gasteiger partial charge on any atom is 0.273 e. The minimum atomic E-state index is -0.282. The van der Waals surface area contributed by atoms with Crippen molar-refractivity contribution in [1.29, 1.82) is 0 Å². The van der Waals surface area contributed by atoms with E-state index in [-0.39, 0.29) is 5.91 Å². The van der Waals surface area contributed by atoms with Gasteiger partial charge in [-0.3, -0.25) is 4.79 Å². The van der Waals surface area contributed by atoms with Gasteiger partial charge in [0.15, 0.2) is 0 Å². The lowest BCUT2D eigenvalue weighted by molar-refractivity contribution is 0.102. The lowest BCUT2D eigenvalue weighted by atomic mass is 10.3. The lowest BCUT2D eigenvalue weighted by Crippen LogP contribution is -2.12. The molecule has 6 heteroatoms. The largest absolute Gasteiger partial charge is 0.341 e. The van der Waals surface area contributed by atoms with Crippen LogP contribution < -0.4 is 5.32 Å². The van der Waals surface area contributed by atoms with Crippen LogP contribution in [0.1, 0.15) is 10.5 Å². The number of H-pyrrole nitrogens is 1. The Kier molecular flexibility index (Phi) is 3.12. The number of imidazole rings is 1. The van der Waals surface area contributed by atoms with Gasteiger partial charge in [-0.1, -0.05) is 23.2 Å². The first-order chi connectivity index (χ1) is 7.66. The summed E-state index contributed by atoms with van der Waals surface area (Å²) in [4.78, 5) is 18.1. The Hall–Kier alpha value is -1.52. The molecule has 0 aliphatic rings. The normalized spacial score (nSPS) is 10.1. The molecule has 2 rings (SSSR count). The maximum absolute atomic E-state index is 11.6. The zero-order valence-corrected chi connectivity index (χ0v) is 9.51. The van der Waals surface area contributed by atoms with E-state index in [0.29, 0.717) is 21.4 Å². The fourth-order valence-electron chi connectivity index (χ4n) is 1.15. The average Bonchev–Trinajstić information content (AvgIpc) is 2.77. The number of hydrogen-bond acceptors (Lipinski definition) is 2. The Labute approximate surface area is 102 Å². The van der Waals surface area contributed by atoms with Gasteiger partial charge in [0.2, 0.25) is 0 Å². The monoisotopic (exact) mass is 255 g/mol. The average molecular weight is 256 g/mol. The molecule has 0 aliphatic carbocycles. The third-order valence-corrected chi connectivity index (χ3v) is 2.66. The highest BCUT2D eigenvalue weighted by atomic mass is 35.5. The first kappa shape index (κ1) is 11.0. The minimum Gasteiger partial charge on any atom is -0.341 e. The number of benzene rings is 1. The molecule has 4 nitrogen and oxygen atoms in total. The van der Waals surface area contributed by atoms with Crippen molar-refractivity contribution in [3.05, 3.63) is 46.5 Å². The van der Waals surface area contributed by atoms with Crippen LogP contribution in [0.25, 0.3) is 0 Å². The maximum atomic E-state index is 11.6. The number of carbonyl (C=O) groups is 1. The van der Waals surface area contributed by atoms with Crippen LogP contribution in [-0.4, -0.2) is 15.9 Å². The molecule has 0 bridgehead atoms. The fourth-order valence-corrected chi connectivity index (χ4v) is 1.45. The van der Waals surface area contributed by atoms with Gasteiger partial charge in [0.1, 0.15) is 5.69 Å². The van der Waals surface area contributed by atoms with Crippen molar-refractivity contribution in [3.8, 4) is 0 Å². The van der Waals surface area contributed by atoms with Crippen LogP contribution in [0.5, 0.6) is 0 Å². The van der Waals surface area contributed by atoms with Crippen molar-refractivity contribution in [2.75, 3.05) is 5.32 Å². The fraction of sp³-hybridized carbons (Fsp3) is 0. The number of rotatable bonds is 2. The minimum absolute atomic E-state index is 0.282. The van der Waals surface area contributed by atoms with Gasteiger partial charge in [0.05, 0.1) is 22.6 Å². The van der Waals surface area contributed by atoms with E-state index < -0.39 is 0 Å². The molecule has 82 valence electrons. The Morgan fingerprint density at radius 2 is 2.12 bits per heavy atom. The molecule has 0 saturated heterocycles. The molecular weight excluding hydrogens is 249 g/mol. The summed E-state index contributed by atoms with van der Waals surface area (Å²) in [5.41, 5.74) is 0.958. The van der Waals surface area contributed by atoms with Crippen LogP contribution in [-0.2, 0) is 0 Å². The molecule has 0 unspecified atom stereocenters. The highest BCUT2D eigenvalue weighted by molar-refractivity contribution is 6.42. The summed E-state index contributed by atoms with van der Waals surface area (Å²) in [5.74, 6) is -0.282. The number of amides is 1. The first-order valence-corrected chi connectivity index (χ1v) is 5.17. The quantitative estimate of drug-likeness (QED) is 0.867. The molecule has 2 N–H and O–H groups in total. The summed E-state index contributed by atoms with van der Waals surface area (Å²) in [6.45, 7) is 0. The van der Waals surface area contributed by atoms with Gasteiger partial charge < -0.3 is 10.3 Å². The Bertz CT molecular complexity index is 511. The summed E-state index contributed by atoms with van der Waals surface area (Å²) in [5, 5.41) is 3.50. The van der Waals surface area contributed by atoms with Crippen LogP contribution in [0.3, 0.4) is 0 Å². The van der Waals surface area contributed by atoms with Gasteiger partial charge in [-0.25, -0.2) is 4.98 Å². The van der Waals surface area contributed by atoms with Crippen LogP contribution in [0.4, 0.5) is 5.69 Å². The van der Waals surface area contributed by atoms with E-state index in [4.69, 9.17) is 23.2 Å². The number of nitrogens with one attached hydrogen (secondary N) is 2. The number of anilines is 1. The van der Waals surface area contributed by atoms with Crippen LogP contribution in [0.15, 0.2) is 30.7 Å². The Morgan fingerprint density at radius 3 is 2.75 bits per heavy atom. The number of hydrogen-bond donors (Lipinski definition) is 2. The molecule has 1 amide bonds. The van der Waals surface area contributed by atoms with Crippen LogP contribution >= 0.6 is 23.2 Å². The van der Waals surface area contributed by atoms with Crippen molar-refractivity contribution in [3.63, 3.8) is 0 Å². The topological polar surface area (TPSA) is 57.8 Å². The summed E-state index contributed by atoms with van der Waals surface area (Å²) < 4.78 is 0. The number of halogens is 2. The van der Waals surface area contributed by atoms with Gasteiger partial charge >= 0.3 is 0 Å². The predicted molar refractivity (Wildman–Crippen MR) is 63.0 cm³/mol. The van der Waals surface area contributed by atoms with E-state index in [1.54, 1.807) is 18.2 Å². The van der Waals surface area contributed by atoms with E-state index in [1.165, 1.54) is 12.5 Å². The molecular formula is C10H7Cl2N3O. The van der Waals surface area contributed by atoms with Gasteiger partial charge in [-0.15, -0.1) is 0 Å². The van der Waals surface area contributed by atoms with Gasteiger partial charge in [0, 0.05) is 5.69 Å². The zero-order valence-electron chi connectivity index (χ0n) is 8.00. The number of nitrogens with zero attached hydrogens (tertiary/aromatic N) is 1. The number of aromatic amines is 1. The second-order valence-electron chi connectivity index (χ2n) is 3.05. The second-order valence-corrected chi connectivity index (χ2v) is 3.86. The molecule has 0 spiro atoms. The summed E-state index contributed by atoms with van der Waals surface area (Å²) in [7, 11) is 0. The summed E-state index contributed by atoms with van der Waals surface area (Å²) in [6, 6.07) is 4.87. The molecule has 0 fully saturated rings. The SMILES string of the molecule is O=C(Nc1ccc(Cl)c(Cl)c1)c1cnc[nH]1. The van der Waals surface area contributed by atoms with Crippen LogP contribution in [0, 0.1) is 0 Å². The van der Waals surface area contributed by atoms with Crippen molar-refractivity contribution in [2.24, 2.45) is 0 Å². The van der Waals surface area contributed by atoms with E-state index in [1.807, 2.05) is 0 Å². The summed E-state index contributed by atoms with van der Waals surface area (Å²) in [6.07, 6.45) is 2.87. The zero-order chi connectivity index (χ0) is 11.5. The standard InChI is InChI=1S/C10H7Cl2N3O/c11-7-2-1-6(3-8(7)12)15-10(16)9-4-13-5-14-9/h1-5H,(H,13,14)(H,15,16). The lowest BCUT2D eigenvalue weighted by Gasteiger charge is -2.04. The molecule has 0 atom stereocenters. The molecule has 16 heavy (non-hydrogen) atoms. The predicted octanol–water partition coefficient (Wildman–Crippen LogP) is 2.97. The Balaban J connectivity index is 2.15. The molecule has 1 heterocycles. The van der Waals surface area contributed by atoms with Crippen molar-refractivity contribution < 1.29 is 4.79 Å². The first-order valence-electron chi connectivity index (χ1n) is 4.41. The third-order valence-electron chi connectivity index (χ3n) is 1.92. The van der Waals surface area contributed by atoms with E-state index in [0.717, 1.165) is 0 Å². The van der Waals surface area contributed by atoms with Crippen LogP contribution in [0.2, 0.25) is 10.0 Å². The second kappa shape index (κ2) is 4.55.